The summed E-state index contributed by atoms with van der Waals surface area (Å²) in [5.41, 5.74) is 0.732. The van der Waals surface area contributed by atoms with Crippen molar-refractivity contribution in [2.24, 2.45) is 0 Å². The highest BCUT2D eigenvalue weighted by molar-refractivity contribution is 7.99. The van der Waals surface area contributed by atoms with Crippen LogP contribution in [0.2, 0.25) is 0 Å². The summed E-state index contributed by atoms with van der Waals surface area (Å²) in [6, 6.07) is 22.4. The van der Waals surface area contributed by atoms with E-state index in [0.717, 1.165) is 21.2 Å². The Hall–Kier alpha value is -2.26. The lowest BCUT2D eigenvalue weighted by Gasteiger charge is -2.13. The minimum absolute atomic E-state index is 0.0216. The Labute approximate surface area is 140 Å². The number of amides is 1. The molecule has 0 bridgehead atoms. The molecule has 0 saturated carbocycles. The van der Waals surface area contributed by atoms with Gasteiger partial charge in [-0.25, -0.2) is 0 Å². The molecule has 0 aliphatic rings. The number of hydrogen-bond donors (Lipinski definition) is 1. The van der Waals surface area contributed by atoms with Gasteiger partial charge < -0.3 is 5.32 Å². The number of rotatable bonds is 4. The van der Waals surface area contributed by atoms with Gasteiger partial charge >= 0.3 is 0 Å². The average molecular weight is 321 g/mol. The van der Waals surface area contributed by atoms with Crippen molar-refractivity contribution < 1.29 is 4.79 Å². The van der Waals surface area contributed by atoms with E-state index in [9.17, 15) is 4.79 Å². The van der Waals surface area contributed by atoms with E-state index in [2.05, 4.69) is 35.6 Å². The zero-order valence-electron chi connectivity index (χ0n) is 13.2. The molecule has 116 valence electrons. The van der Waals surface area contributed by atoms with Gasteiger partial charge in [-0.1, -0.05) is 54.2 Å². The van der Waals surface area contributed by atoms with Gasteiger partial charge in [0.2, 0.25) is 0 Å². The van der Waals surface area contributed by atoms with Gasteiger partial charge in [-0.05, 0) is 43.5 Å². The third-order valence-electron chi connectivity index (χ3n) is 3.50. The van der Waals surface area contributed by atoms with Crippen LogP contribution < -0.4 is 5.32 Å². The molecule has 0 radical (unpaired) electrons. The highest BCUT2D eigenvalue weighted by atomic mass is 32.2. The van der Waals surface area contributed by atoms with E-state index in [1.165, 1.54) is 4.90 Å². The summed E-state index contributed by atoms with van der Waals surface area (Å²) in [5, 5.41) is 5.10. The van der Waals surface area contributed by atoms with Crippen molar-refractivity contribution in [1.82, 2.24) is 5.32 Å². The first kappa shape index (κ1) is 15.6. The molecule has 0 aliphatic heterocycles. The lowest BCUT2D eigenvalue weighted by molar-refractivity contribution is 0.0944. The van der Waals surface area contributed by atoms with Crippen LogP contribution in [0, 0.1) is 0 Å². The first-order chi connectivity index (χ1) is 11.1. The number of hydrogen-bond acceptors (Lipinski definition) is 2. The Morgan fingerprint density at radius 1 is 0.913 bits per heavy atom. The molecule has 0 aliphatic carbocycles. The third kappa shape index (κ3) is 3.57. The molecule has 0 saturated heterocycles. The van der Waals surface area contributed by atoms with E-state index >= 15 is 0 Å². The van der Waals surface area contributed by atoms with Crippen LogP contribution in [0.4, 0.5) is 0 Å². The predicted molar refractivity (Wildman–Crippen MR) is 97.1 cm³/mol. The fraction of sp³-hybridized carbons (Fsp3) is 0.150. The minimum Gasteiger partial charge on any atom is -0.350 e. The highest BCUT2D eigenvalue weighted by Gasteiger charge is 2.14. The number of fused-ring (bicyclic) bond motifs is 1. The fourth-order valence-electron chi connectivity index (χ4n) is 2.54. The van der Waals surface area contributed by atoms with Crippen molar-refractivity contribution in [2.45, 2.75) is 29.7 Å². The van der Waals surface area contributed by atoms with Gasteiger partial charge in [-0.15, -0.1) is 0 Å². The Morgan fingerprint density at radius 2 is 1.61 bits per heavy atom. The van der Waals surface area contributed by atoms with Crippen LogP contribution >= 0.6 is 11.8 Å². The Bertz CT molecular complexity index is 822. The third-order valence-corrected chi connectivity index (χ3v) is 4.57. The number of carbonyl (C=O) groups excluding carboxylic acids is 1. The molecule has 0 heterocycles. The lowest BCUT2D eigenvalue weighted by Crippen LogP contribution is -2.30. The summed E-state index contributed by atoms with van der Waals surface area (Å²) in [5.74, 6) is -0.0216. The number of nitrogens with one attached hydrogen (secondary N) is 1. The molecular formula is C20H19NOS. The summed E-state index contributed by atoms with van der Waals surface area (Å²) >= 11 is 1.69. The van der Waals surface area contributed by atoms with Crippen molar-refractivity contribution in [1.29, 1.82) is 0 Å². The van der Waals surface area contributed by atoms with Crippen LogP contribution in [0.3, 0.4) is 0 Å². The molecule has 3 aromatic carbocycles. The second kappa shape index (κ2) is 6.88. The van der Waals surface area contributed by atoms with Crippen LogP contribution in [-0.2, 0) is 0 Å². The van der Waals surface area contributed by atoms with Gasteiger partial charge in [0.1, 0.15) is 0 Å². The average Bonchev–Trinajstić information content (AvgIpc) is 2.55. The number of benzene rings is 3. The molecular weight excluding hydrogens is 302 g/mol. The molecule has 1 amide bonds. The van der Waals surface area contributed by atoms with Crippen molar-refractivity contribution in [3.05, 3.63) is 72.3 Å². The van der Waals surface area contributed by atoms with Gasteiger partial charge in [-0.3, -0.25) is 4.79 Å². The summed E-state index contributed by atoms with van der Waals surface area (Å²) in [6.45, 7) is 3.95. The SMILES string of the molecule is CC(C)NC(=O)c1cccc2cccc(Sc3ccccc3)c12. The van der Waals surface area contributed by atoms with Gasteiger partial charge in [0.25, 0.3) is 5.91 Å². The molecule has 3 heteroatoms. The zero-order valence-corrected chi connectivity index (χ0v) is 14.1. The Balaban J connectivity index is 2.09. The van der Waals surface area contributed by atoms with E-state index < -0.39 is 0 Å². The predicted octanol–water partition coefficient (Wildman–Crippen LogP) is 5.13. The second-order valence-electron chi connectivity index (χ2n) is 5.70. The monoisotopic (exact) mass is 321 g/mol. The quantitative estimate of drug-likeness (QED) is 0.722. The van der Waals surface area contributed by atoms with Crippen molar-refractivity contribution >= 4 is 28.4 Å². The van der Waals surface area contributed by atoms with E-state index in [4.69, 9.17) is 0 Å². The smallest absolute Gasteiger partial charge is 0.252 e. The van der Waals surface area contributed by atoms with E-state index in [1.54, 1.807) is 11.8 Å². The molecule has 0 atom stereocenters. The summed E-state index contributed by atoms with van der Waals surface area (Å²) in [4.78, 5) is 14.8. The number of carbonyl (C=O) groups is 1. The highest BCUT2D eigenvalue weighted by Crippen LogP contribution is 2.35. The van der Waals surface area contributed by atoms with E-state index in [-0.39, 0.29) is 11.9 Å². The molecule has 1 N–H and O–H groups in total. The van der Waals surface area contributed by atoms with Crippen LogP contribution in [0.1, 0.15) is 24.2 Å². The summed E-state index contributed by atoms with van der Waals surface area (Å²) in [6.07, 6.45) is 0. The van der Waals surface area contributed by atoms with Crippen LogP contribution in [0.25, 0.3) is 10.8 Å². The molecule has 0 aromatic heterocycles. The molecule has 0 spiro atoms. The first-order valence-corrected chi connectivity index (χ1v) is 8.52. The molecule has 0 fully saturated rings. The van der Waals surface area contributed by atoms with Crippen LogP contribution in [0.15, 0.2) is 76.5 Å². The van der Waals surface area contributed by atoms with Gasteiger partial charge in [-0.2, -0.15) is 0 Å². The topological polar surface area (TPSA) is 29.1 Å². The van der Waals surface area contributed by atoms with E-state index in [0.29, 0.717) is 0 Å². The Kier molecular flexibility index (Phi) is 4.68. The van der Waals surface area contributed by atoms with Crippen molar-refractivity contribution in [3.63, 3.8) is 0 Å². The summed E-state index contributed by atoms with van der Waals surface area (Å²) < 4.78 is 0. The zero-order chi connectivity index (χ0) is 16.2. The molecule has 2 nitrogen and oxygen atoms in total. The minimum atomic E-state index is -0.0216. The molecule has 3 aromatic rings. The Morgan fingerprint density at radius 3 is 2.30 bits per heavy atom. The van der Waals surface area contributed by atoms with E-state index in [1.807, 2.05) is 50.2 Å². The van der Waals surface area contributed by atoms with Crippen LogP contribution in [0.5, 0.6) is 0 Å². The molecule has 23 heavy (non-hydrogen) atoms. The molecule has 3 rings (SSSR count). The largest absolute Gasteiger partial charge is 0.350 e. The normalized spacial score (nSPS) is 10.9. The maximum atomic E-state index is 12.6. The lowest BCUT2D eigenvalue weighted by atomic mass is 10.0. The fourth-order valence-corrected chi connectivity index (χ4v) is 3.56. The summed E-state index contributed by atoms with van der Waals surface area (Å²) in [7, 11) is 0. The first-order valence-electron chi connectivity index (χ1n) is 7.70. The maximum Gasteiger partial charge on any atom is 0.252 e. The van der Waals surface area contributed by atoms with Gasteiger partial charge in [0, 0.05) is 26.8 Å². The van der Waals surface area contributed by atoms with Gasteiger partial charge in [0.15, 0.2) is 0 Å². The standard InChI is InChI=1S/C20H19NOS/c1-14(2)21-20(22)17-12-6-8-15-9-7-13-18(19(15)17)23-16-10-4-3-5-11-16/h3-14H,1-2H3,(H,21,22). The van der Waals surface area contributed by atoms with Gasteiger partial charge in [0.05, 0.1) is 0 Å². The molecule has 0 unspecified atom stereocenters. The maximum absolute atomic E-state index is 12.6. The van der Waals surface area contributed by atoms with Crippen molar-refractivity contribution in [3.8, 4) is 0 Å². The van der Waals surface area contributed by atoms with Crippen molar-refractivity contribution in [2.75, 3.05) is 0 Å². The van der Waals surface area contributed by atoms with Crippen LogP contribution in [-0.4, -0.2) is 11.9 Å². The second-order valence-corrected chi connectivity index (χ2v) is 6.82.